The van der Waals surface area contributed by atoms with Gasteiger partial charge in [0.2, 0.25) is 0 Å². The van der Waals surface area contributed by atoms with Crippen LogP contribution in [0.2, 0.25) is 0 Å². The maximum absolute atomic E-state index is 10.8. The number of ether oxygens (including phenoxy) is 1. The molecule has 1 fully saturated rings. The van der Waals surface area contributed by atoms with Crippen LogP contribution in [0.4, 0.5) is 0 Å². The van der Waals surface area contributed by atoms with E-state index in [1.807, 2.05) is 20.8 Å². The second kappa shape index (κ2) is 4.72. The van der Waals surface area contributed by atoms with E-state index in [0.29, 0.717) is 32.3 Å². The van der Waals surface area contributed by atoms with Gasteiger partial charge in [0.15, 0.2) is 0 Å². The second-order valence-electron chi connectivity index (χ2n) is 5.74. The summed E-state index contributed by atoms with van der Waals surface area (Å²) in [6, 6.07) is 0. The van der Waals surface area contributed by atoms with Crippen molar-refractivity contribution in [1.82, 2.24) is 0 Å². The molecule has 0 aromatic rings. The topological polar surface area (TPSA) is 66.8 Å². The first kappa shape index (κ1) is 13.5. The zero-order valence-corrected chi connectivity index (χ0v) is 10.3. The quantitative estimate of drug-likeness (QED) is 0.776. The molecular formula is C12H22O4. The largest absolute Gasteiger partial charge is 0.481 e. The first-order valence-electron chi connectivity index (χ1n) is 5.81. The molecule has 0 spiro atoms. The van der Waals surface area contributed by atoms with Crippen LogP contribution in [0.5, 0.6) is 0 Å². The number of carboxylic acids is 1. The summed E-state index contributed by atoms with van der Waals surface area (Å²) < 4.78 is 5.57. The van der Waals surface area contributed by atoms with E-state index < -0.39 is 11.6 Å². The van der Waals surface area contributed by atoms with Crippen LogP contribution in [-0.2, 0) is 9.53 Å². The third-order valence-electron chi connectivity index (χ3n) is 3.04. The monoisotopic (exact) mass is 230 g/mol. The maximum atomic E-state index is 10.8. The van der Waals surface area contributed by atoms with Crippen molar-refractivity contribution < 1.29 is 19.7 Å². The lowest BCUT2D eigenvalue weighted by Crippen LogP contribution is -2.42. The van der Waals surface area contributed by atoms with Crippen LogP contribution >= 0.6 is 0 Å². The van der Waals surface area contributed by atoms with Crippen molar-refractivity contribution in [3.05, 3.63) is 0 Å². The molecule has 1 saturated carbocycles. The number of rotatable bonds is 3. The summed E-state index contributed by atoms with van der Waals surface area (Å²) in [5.41, 5.74) is -1.10. The highest BCUT2D eigenvalue weighted by Crippen LogP contribution is 2.33. The van der Waals surface area contributed by atoms with Gasteiger partial charge < -0.3 is 14.9 Å². The van der Waals surface area contributed by atoms with Crippen molar-refractivity contribution in [2.45, 2.75) is 57.7 Å². The Balaban J connectivity index is 2.41. The lowest BCUT2D eigenvalue weighted by atomic mass is 9.79. The van der Waals surface area contributed by atoms with Crippen LogP contribution in [0, 0.1) is 5.92 Å². The second-order valence-corrected chi connectivity index (χ2v) is 5.74. The van der Waals surface area contributed by atoms with E-state index in [1.54, 1.807) is 0 Å². The zero-order chi connectivity index (χ0) is 12.4. The van der Waals surface area contributed by atoms with Crippen molar-refractivity contribution in [3.8, 4) is 0 Å². The van der Waals surface area contributed by atoms with Gasteiger partial charge in [0.1, 0.15) is 0 Å². The Hall–Kier alpha value is -0.610. The van der Waals surface area contributed by atoms with Crippen LogP contribution in [0.1, 0.15) is 46.5 Å². The fourth-order valence-corrected chi connectivity index (χ4v) is 1.90. The van der Waals surface area contributed by atoms with E-state index in [-0.39, 0.29) is 11.5 Å². The van der Waals surface area contributed by atoms with Gasteiger partial charge in [-0.3, -0.25) is 4.79 Å². The third-order valence-corrected chi connectivity index (χ3v) is 3.04. The molecule has 1 aliphatic carbocycles. The summed E-state index contributed by atoms with van der Waals surface area (Å²) >= 11 is 0. The van der Waals surface area contributed by atoms with Crippen LogP contribution in [0.25, 0.3) is 0 Å². The molecule has 0 radical (unpaired) electrons. The van der Waals surface area contributed by atoms with E-state index in [1.165, 1.54) is 0 Å². The normalized spacial score (nSPS) is 31.4. The molecule has 0 aliphatic heterocycles. The lowest BCUT2D eigenvalue weighted by molar-refractivity contribution is -0.149. The SMILES string of the molecule is CC(C)(C)OCC1(O)CCC(C(=O)O)CC1. The Morgan fingerprint density at radius 3 is 2.25 bits per heavy atom. The predicted octanol–water partition coefficient (Wildman–Crippen LogP) is 1.81. The van der Waals surface area contributed by atoms with Gasteiger partial charge in [-0.15, -0.1) is 0 Å². The van der Waals surface area contributed by atoms with Gasteiger partial charge in [-0.1, -0.05) is 0 Å². The molecule has 0 heterocycles. The Labute approximate surface area is 96.6 Å². The molecular weight excluding hydrogens is 208 g/mol. The van der Waals surface area contributed by atoms with E-state index in [4.69, 9.17) is 9.84 Å². The first-order chi connectivity index (χ1) is 7.22. The fraction of sp³-hybridized carbons (Fsp3) is 0.917. The predicted molar refractivity (Wildman–Crippen MR) is 60.2 cm³/mol. The number of carbonyl (C=O) groups is 1. The molecule has 94 valence electrons. The molecule has 16 heavy (non-hydrogen) atoms. The third kappa shape index (κ3) is 4.10. The molecule has 4 heteroatoms. The highest BCUT2D eigenvalue weighted by molar-refractivity contribution is 5.70. The van der Waals surface area contributed by atoms with E-state index in [2.05, 4.69) is 0 Å². The van der Waals surface area contributed by atoms with Crippen LogP contribution < -0.4 is 0 Å². The number of aliphatic hydroxyl groups is 1. The van der Waals surface area contributed by atoms with Gasteiger partial charge >= 0.3 is 5.97 Å². The minimum Gasteiger partial charge on any atom is -0.481 e. The molecule has 0 aromatic carbocycles. The minimum absolute atomic E-state index is 0.265. The maximum Gasteiger partial charge on any atom is 0.306 e. The Morgan fingerprint density at radius 1 is 1.38 bits per heavy atom. The van der Waals surface area contributed by atoms with Crippen LogP contribution in [-0.4, -0.2) is 34.0 Å². The van der Waals surface area contributed by atoms with Crippen molar-refractivity contribution >= 4 is 5.97 Å². The first-order valence-corrected chi connectivity index (χ1v) is 5.81. The highest BCUT2D eigenvalue weighted by atomic mass is 16.5. The average molecular weight is 230 g/mol. The summed E-state index contributed by atoms with van der Waals surface area (Å²) in [7, 11) is 0. The van der Waals surface area contributed by atoms with Crippen molar-refractivity contribution in [2.75, 3.05) is 6.61 Å². The smallest absolute Gasteiger partial charge is 0.306 e. The molecule has 0 saturated heterocycles. The van der Waals surface area contributed by atoms with Crippen molar-refractivity contribution in [1.29, 1.82) is 0 Å². The van der Waals surface area contributed by atoms with Crippen LogP contribution in [0.3, 0.4) is 0 Å². The Kier molecular flexibility index (Phi) is 3.97. The zero-order valence-electron chi connectivity index (χ0n) is 10.3. The number of hydrogen-bond acceptors (Lipinski definition) is 3. The van der Waals surface area contributed by atoms with Gasteiger partial charge in [0, 0.05) is 0 Å². The number of hydrogen-bond donors (Lipinski definition) is 2. The highest BCUT2D eigenvalue weighted by Gasteiger charge is 2.36. The Bertz CT molecular complexity index is 246. The number of aliphatic carboxylic acids is 1. The molecule has 0 bridgehead atoms. The van der Waals surface area contributed by atoms with Crippen molar-refractivity contribution in [3.63, 3.8) is 0 Å². The van der Waals surface area contributed by atoms with Gasteiger partial charge in [0.25, 0.3) is 0 Å². The fourth-order valence-electron chi connectivity index (χ4n) is 1.90. The van der Waals surface area contributed by atoms with Gasteiger partial charge in [-0.25, -0.2) is 0 Å². The molecule has 0 unspecified atom stereocenters. The van der Waals surface area contributed by atoms with Crippen molar-refractivity contribution in [2.24, 2.45) is 5.92 Å². The van der Waals surface area contributed by atoms with Gasteiger partial charge in [-0.2, -0.15) is 0 Å². The van der Waals surface area contributed by atoms with Gasteiger partial charge in [0.05, 0.1) is 23.7 Å². The molecule has 2 N–H and O–H groups in total. The molecule has 1 rings (SSSR count). The molecule has 0 amide bonds. The van der Waals surface area contributed by atoms with E-state index in [9.17, 15) is 9.90 Å². The standard InChI is InChI=1S/C12H22O4/c1-11(2,3)16-8-12(15)6-4-9(5-7-12)10(13)14/h9,15H,4-8H2,1-3H3,(H,13,14). The van der Waals surface area contributed by atoms with E-state index >= 15 is 0 Å². The summed E-state index contributed by atoms with van der Waals surface area (Å²) in [6.07, 6.45) is 2.11. The minimum atomic E-state index is -0.834. The summed E-state index contributed by atoms with van der Waals surface area (Å²) in [5, 5.41) is 19.1. The summed E-state index contributed by atoms with van der Waals surface area (Å²) in [4.78, 5) is 10.8. The van der Waals surface area contributed by atoms with Crippen LogP contribution in [0.15, 0.2) is 0 Å². The molecule has 0 aromatic heterocycles. The number of carboxylic acid groups (broad SMARTS) is 1. The molecule has 4 nitrogen and oxygen atoms in total. The van der Waals surface area contributed by atoms with E-state index in [0.717, 1.165) is 0 Å². The van der Waals surface area contributed by atoms with Gasteiger partial charge in [-0.05, 0) is 46.5 Å². The summed E-state index contributed by atoms with van der Waals surface area (Å²) in [5.74, 6) is -1.05. The average Bonchev–Trinajstić information content (AvgIpc) is 2.15. The summed E-state index contributed by atoms with van der Waals surface area (Å²) in [6.45, 7) is 6.13. The molecule has 1 aliphatic rings. The lowest BCUT2D eigenvalue weighted by Gasteiger charge is -2.36. The Morgan fingerprint density at radius 2 is 1.88 bits per heavy atom. The molecule has 0 atom stereocenters.